The molecule has 1 aliphatic rings. The largest absolute Gasteiger partial charge is 0.396 e. The molecule has 5 heteroatoms. The van der Waals surface area contributed by atoms with Crippen LogP contribution >= 0.6 is 0 Å². The Hall–Kier alpha value is -1.59. The summed E-state index contributed by atoms with van der Waals surface area (Å²) in [6.07, 6.45) is 0.658. The number of para-hydroxylation sites is 1. The Morgan fingerprint density at radius 1 is 1.25 bits per heavy atom. The Kier molecular flexibility index (Phi) is 5.83. The smallest absolute Gasteiger partial charge is 0.242 e. The molecule has 0 radical (unpaired) electrons. The lowest BCUT2D eigenvalue weighted by Crippen LogP contribution is -2.46. The Morgan fingerprint density at radius 3 is 2.60 bits per heavy atom. The zero-order valence-electron chi connectivity index (χ0n) is 11.7. The number of nitrogens with zero attached hydrogens (tertiary/aromatic N) is 2. The maximum absolute atomic E-state index is 12.3. The van der Waals surface area contributed by atoms with Crippen LogP contribution in [-0.4, -0.2) is 61.9 Å². The summed E-state index contributed by atoms with van der Waals surface area (Å²) >= 11 is 0. The number of amides is 1. The number of benzene rings is 1. The number of hydrogen-bond donors (Lipinski definition) is 1. The molecule has 110 valence electrons. The molecular formula is C15H22N2O3. The third kappa shape index (κ3) is 4.21. The second kappa shape index (κ2) is 7.87. The number of aliphatic hydroxyl groups is 1. The quantitative estimate of drug-likeness (QED) is 0.833. The fourth-order valence-electron chi connectivity index (χ4n) is 2.28. The van der Waals surface area contributed by atoms with Crippen LogP contribution in [0.25, 0.3) is 0 Å². The van der Waals surface area contributed by atoms with Gasteiger partial charge in [0.2, 0.25) is 5.91 Å². The first-order valence-electron chi connectivity index (χ1n) is 7.07. The predicted octanol–water partition coefficient (Wildman–Crippen LogP) is 0.734. The molecule has 0 saturated carbocycles. The number of hydrogen-bond acceptors (Lipinski definition) is 4. The van der Waals surface area contributed by atoms with Crippen LogP contribution in [0.4, 0.5) is 5.69 Å². The van der Waals surface area contributed by atoms with E-state index in [-0.39, 0.29) is 12.5 Å². The Balaban J connectivity index is 1.97. The minimum Gasteiger partial charge on any atom is -0.396 e. The van der Waals surface area contributed by atoms with Crippen LogP contribution in [0.2, 0.25) is 0 Å². The number of rotatable bonds is 6. The summed E-state index contributed by atoms with van der Waals surface area (Å²) in [6, 6.07) is 9.85. The van der Waals surface area contributed by atoms with Gasteiger partial charge in [-0.1, -0.05) is 18.2 Å². The molecule has 1 N–H and O–H groups in total. The number of anilines is 1. The lowest BCUT2D eigenvalue weighted by atomic mass is 10.2. The van der Waals surface area contributed by atoms with E-state index >= 15 is 0 Å². The highest BCUT2D eigenvalue weighted by molar-refractivity contribution is 5.81. The zero-order valence-corrected chi connectivity index (χ0v) is 11.7. The number of ether oxygens (including phenoxy) is 1. The van der Waals surface area contributed by atoms with Crippen LogP contribution in [0.5, 0.6) is 0 Å². The molecule has 20 heavy (non-hydrogen) atoms. The number of morpholine rings is 1. The van der Waals surface area contributed by atoms with Crippen molar-refractivity contribution < 1.29 is 14.6 Å². The minimum atomic E-state index is 0.120. The lowest BCUT2D eigenvalue weighted by Gasteiger charge is -2.31. The van der Waals surface area contributed by atoms with E-state index in [1.165, 1.54) is 0 Å². The van der Waals surface area contributed by atoms with E-state index in [0.29, 0.717) is 45.8 Å². The molecule has 0 spiro atoms. The van der Waals surface area contributed by atoms with Gasteiger partial charge in [-0.2, -0.15) is 0 Å². The van der Waals surface area contributed by atoms with Crippen molar-refractivity contribution in [3.05, 3.63) is 30.3 Å². The SMILES string of the molecule is O=C(CN(CCCO)c1ccccc1)N1CCOCC1. The molecule has 2 rings (SSSR count). The molecule has 1 aromatic carbocycles. The molecule has 1 heterocycles. The van der Waals surface area contributed by atoms with E-state index in [9.17, 15) is 4.79 Å². The van der Waals surface area contributed by atoms with Gasteiger partial charge in [-0.25, -0.2) is 0 Å². The molecule has 1 aromatic rings. The highest BCUT2D eigenvalue weighted by Crippen LogP contribution is 2.14. The first-order valence-corrected chi connectivity index (χ1v) is 7.07. The second-order valence-electron chi connectivity index (χ2n) is 4.83. The third-order valence-corrected chi connectivity index (χ3v) is 3.40. The monoisotopic (exact) mass is 278 g/mol. The summed E-state index contributed by atoms with van der Waals surface area (Å²) in [4.78, 5) is 16.2. The van der Waals surface area contributed by atoms with Crippen molar-refractivity contribution in [1.29, 1.82) is 0 Å². The minimum absolute atomic E-state index is 0.120. The summed E-state index contributed by atoms with van der Waals surface area (Å²) in [5, 5.41) is 9.01. The molecule has 0 aromatic heterocycles. The van der Waals surface area contributed by atoms with E-state index in [4.69, 9.17) is 9.84 Å². The molecule has 1 amide bonds. The predicted molar refractivity (Wildman–Crippen MR) is 77.8 cm³/mol. The third-order valence-electron chi connectivity index (χ3n) is 3.40. The van der Waals surface area contributed by atoms with Crippen LogP contribution in [0.1, 0.15) is 6.42 Å². The topological polar surface area (TPSA) is 53.0 Å². The Labute approximate surface area is 119 Å². The van der Waals surface area contributed by atoms with E-state index < -0.39 is 0 Å². The van der Waals surface area contributed by atoms with Crippen molar-refractivity contribution in [2.45, 2.75) is 6.42 Å². The van der Waals surface area contributed by atoms with Gasteiger partial charge in [0.1, 0.15) is 0 Å². The van der Waals surface area contributed by atoms with Gasteiger partial charge < -0.3 is 19.6 Å². The van der Waals surface area contributed by atoms with Gasteiger partial charge in [0.15, 0.2) is 0 Å². The van der Waals surface area contributed by atoms with Crippen LogP contribution < -0.4 is 4.90 Å². The highest BCUT2D eigenvalue weighted by Gasteiger charge is 2.19. The first-order chi connectivity index (χ1) is 9.81. The average molecular weight is 278 g/mol. The van der Waals surface area contributed by atoms with Gasteiger partial charge in [0.05, 0.1) is 19.8 Å². The molecule has 0 atom stereocenters. The Bertz CT molecular complexity index is 405. The molecular weight excluding hydrogens is 256 g/mol. The van der Waals surface area contributed by atoms with Gasteiger partial charge in [0.25, 0.3) is 0 Å². The molecule has 0 unspecified atom stereocenters. The fourth-order valence-corrected chi connectivity index (χ4v) is 2.28. The highest BCUT2D eigenvalue weighted by atomic mass is 16.5. The Morgan fingerprint density at radius 2 is 1.95 bits per heavy atom. The van der Waals surface area contributed by atoms with Crippen molar-refractivity contribution in [2.75, 3.05) is 50.9 Å². The van der Waals surface area contributed by atoms with Gasteiger partial charge >= 0.3 is 0 Å². The number of carbonyl (C=O) groups excluding carboxylic acids is 1. The van der Waals surface area contributed by atoms with E-state index in [1.807, 2.05) is 40.1 Å². The van der Waals surface area contributed by atoms with E-state index in [1.54, 1.807) is 0 Å². The van der Waals surface area contributed by atoms with Gasteiger partial charge in [0, 0.05) is 31.9 Å². The molecule has 0 bridgehead atoms. The number of carbonyl (C=O) groups is 1. The van der Waals surface area contributed by atoms with Gasteiger partial charge in [-0.15, -0.1) is 0 Å². The normalized spacial score (nSPS) is 15.2. The van der Waals surface area contributed by atoms with Crippen LogP contribution in [0.15, 0.2) is 30.3 Å². The van der Waals surface area contributed by atoms with Crippen molar-refractivity contribution in [3.8, 4) is 0 Å². The summed E-state index contributed by atoms with van der Waals surface area (Å²) in [5.41, 5.74) is 1.02. The van der Waals surface area contributed by atoms with Gasteiger partial charge in [-0.3, -0.25) is 4.79 Å². The summed E-state index contributed by atoms with van der Waals surface area (Å²) in [7, 11) is 0. The second-order valence-corrected chi connectivity index (χ2v) is 4.83. The molecule has 1 fully saturated rings. The maximum Gasteiger partial charge on any atom is 0.242 e. The maximum atomic E-state index is 12.3. The summed E-state index contributed by atoms with van der Waals surface area (Å²) in [6.45, 7) is 3.74. The fraction of sp³-hybridized carbons (Fsp3) is 0.533. The molecule has 5 nitrogen and oxygen atoms in total. The summed E-state index contributed by atoms with van der Waals surface area (Å²) in [5.74, 6) is 0.120. The van der Waals surface area contributed by atoms with Crippen LogP contribution in [0, 0.1) is 0 Å². The van der Waals surface area contributed by atoms with Crippen molar-refractivity contribution in [3.63, 3.8) is 0 Å². The molecule has 1 aliphatic heterocycles. The first kappa shape index (κ1) is 14.8. The lowest BCUT2D eigenvalue weighted by molar-refractivity contribution is -0.133. The van der Waals surface area contributed by atoms with Gasteiger partial charge in [-0.05, 0) is 18.6 Å². The molecule has 1 saturated heterocycles. The van der Waals surface area contributed by atoms with Crippen molar-refractivity contribution >= 4 is 11.6 Å². The zero-order chi connectivity index (χ0) is 14.2. The van der Waals surface area contributed by atoms with Crippen molar-refractivity contribution in [1.82, 2.24) is 4.90 Å². The molecule has 0 aliphatic carbocycles. The van der Waals surface area contributed by atoms with E-state index in [2.05, 4.69) is 0 Å². The standard InChI is InChI=1S/C15H22N2O3/c18-10-4-7-17(14-5-2-1-3-6-14)13-15(19)16-8-11-20-12-9-16/h1-3,5-6,18H,4,7-13H2. The van der Waals surface area contributed by atoms with Crippen LogP contribution in [0.3, 0.4) is 0 Å². The number of aliphatic hydroxyl groups excluding tert-OH is 1. The summed E-state index contributed by atoms with van der Waals surface area (Å²) < 4.78 is 5.26. The van der Waals surface area contributed by atoms with Crippen molar-refractivity contribution in [2.24, 2.45) is 0 Å². The van der Waals surface area contributed by atoms with Crippen LogP contribution in [-0.2, 0) is 9.53 Å². The average Bonchev–Trinajstić information content (AvgIpc) is 2.53. The van der Waals surface area contributed by atoms with E-state index in [0.717, 1.165) is 5.69 Å².